The van der Waals surface area contributed by atoms with E-state index in [4.69, 9.17) is 14.2 Å². The van der Waals surface area contributed by atoms with Gasteiger partial charge in [0.2, 0.25) is 0 Å². The molecule has 7 heteroatoms. The molecule has 0 spiro atoms. The van der Waals surface area contributed by atoms with Gasteiger partial charge < -0.3 is 14.2 Å². The molecule has 1 saturated heterocycles. The first-order valence-corrected chi connectivity index (χ1v) is 8.53. The number of alkyl halides is 1. The highest BCUT2D eigenvalue weighted by atomic mass is 32.2. The first-order chi connectivity index (χ1) is 10.4. The minimum atomic E-state index is -1.46. The number of hydrogen-bond donors (Lipinski definition) is 0. The fraction of sp³-hybridized carbons (Fsp3) is 0.875. The number of thioether (sulfide) groups is 1. The smallest absolute Gasteiger partial charge is 0.311 e. The maximum Gasteiger partial charge on any atom is 0.311 e. The maximum absolute atomic E-state index is 14.4. The summed E-state index contributed by atoms with van der Waals surface area (Å²) in [5.74, 6) is -0.870. The summed E-state index contributed by atoms with van der Waals surface area (Å²) in [6, 6.07) is 0. The van der Waals surface area contributed by atoms with Crippen LogP contribution in [0.15, 0.2) is 0 Å². The molecule has 4 atom stereocenters. The molecule has 0 amide bonds. The van der Waals surface area contributed by atoms with Gasteiger partial charge in [-0.25, -0.2) is 4.39 Å². The number of ether oxygens (including phenoxy) is 3. The van der Waals surface area contributed by atoms with Crippen LogP contribution in [0.25, 0.3) is 0 Å². The Morgan fingerprint density at radius 2 is 1.57 bits per heavy atom. The predicted octanol–water partition coefficient (Wildman–Crippen LogP) is 2.96. The van der Waals surface area contributed by atoms with E-state index < -0.39 is 39.8 Å². The topological polar surface area (TPSA) is 61.8 Å². The molecule has 0 bridgehead atoms. The number of esters is 2. The Labute approximate surface area is 141 Å². The molecule has 0 saturated carbocycles. The fourth-order valence-corrected chi connectivity index (χ4v) is 3.09. The molecule has 0 radical (unpaired) electrons. The lowest BCUT2D eigenvalue weighted by Gasteiger charge is -2.25. The highest BCUT2D eigenvalue weighted by Crippen LogP contribution is 2.39. The second-order valence-corrected chi connectivity index (χ2v) is 9.03. The summed E-state index contributed by atoms with van der Waals surface area (Å²) >= 11 is 1.18. The van der Waals surface area contributed by atoms with Gasteiger partial charge in [0, 0.05) is 7.11 Å². The van der Waals surface area contributed by atoms with Crippen molar-refractivity contribution in [1.29, 1.82) is 0 Å². The largest absolute Gasteiger partial charge is 0.464 e. The molecule has 1 aliphatic heterocycles. The second kappa shape index (κ2) is 7.38. The van der Waals surface area contributed by atoms with E-state index in [9.17, 15) is 14.0 Å². The van der Waals surface area contributed by atoms with Crippen LogP contribution in [0.2, 0.25) is 0 Å². The van der Waals surface area contributed by atoms with E-state index in [-0.39, 0.29) is 12.6 Å². The van der Waals surface area contributed by atoms with Crippen LogP contribution < -0.4 is 0 Å². The van der Waals surface area contributed by atoms with E-state index in [1.807, 2.05) is 0 Å². The molecule has 1 unspecified atom stereocenters. The van der Waals surface area contributed by atoms with Crippen molar-refractivity contribution in [1.82, 2.24) is 0 Å². The Bertz CT molecular complexity index is 441. The van der Waals surface area contributed by atoms with Gasteiger partial charge in [0.15, 0.2) is 12.3 Å². The van der Waals surface area contributed by atoms with Crippen molar-refractivity contribution in [2.24, 2.45) is 10.8 Å². The van der Waals surface area contributed by atoms with E-state index in [2.05, 4.69) is 0 Å². The Hall–Kier alpha value is -0.820. The normalized spacial score (nSPS) is 28.5. The Morgan fingerprint density at radius 3 is 2.00 bits per heavy atom. The molecule has 1 fully saturated rings. The third-order valence-electron chi connectivity index (χ3n) is 3.33. The van der Waals surface area contributed by atoms with Crippen molar-refractivity contribution in [3.8, 4) is 0 Å². The zero-order valence-electron chi connectivity index (χ0n) is 14.8. The van der Waals surface area contributed by atoms with Crippen LogP contribution in [0.4, 0.5) is 4.39 Å². The average molecular weight is 350 g/mol. The van der Waals surface area contributed by atoms with Crippen molar-refractivity contribution in [3.63, 3.8) is 0 Å². The molecule has 0 aliphatic carbocycles. The molecule has 1 rings (SSSR count). The minimum absolute atomic E-state index is 0.0247. The molecular formula is C16H27FO5S. The number of halogens is 1. The number of carbonyl (C=O) groups excluding carboxylic acids is 2. The lowest BCUT2D eigenvalue weighted by atomic mass is 9.97. The molecule has 0 N–H and O–H groups in total. The maximum atomic E-state index is 14.4. The summed E-state index contributed by atoms with van der Waals surface area (Å²) in [7, 11) is 1.40. The lowest BCUT2D eigenvalue weighted by Crippen LogP contribution is -2.40. The first kappa shape index (κ1) is 20.2. The average Bonchev–Trinajstić information content (AvgIpc) is 2.70. The third-order valence-corrected chi connectivity index (χ3v) is 4.80. The van der Waals surface area contributed by atoms with E-state index >= 15 is 0 Å². The SMILES string of the molecule is COC1S[C@H](COC(=O)C(C)(C)C)[C@@H](OC(=O)C(C)(C)C)[C@@H]1F. The van der Waals surface area contributed by atoms with Crippen LogP contribution in [0.5, 0.6) is 0 Å². The Balaban J connectivity index is 2.78. The second-order valence-electron chi connectivity index (χ2n) is 7.69. The number of rotatable bonds is 4. The van der Waals surface area contributed by atoms with E-state index in [1.165, 1.54) is 18.9 Å². The van der Waals surface area contributed by atoms with Gasteiger partial charge >= 0.3 is 11.9 Å². The van der Waals surface area contributed by atoms with Gasteiger partial charge in [0.25, 0.3) is 0 Å². The zero-order valence-corrected chi connectivity index (χ0v) is 15.7. The summed E-state index contributed by atoms with van der Waals surface area (Å²) in [5.41, 5.74) is -2.12. The van der Waals surface area contributed by atoms with Crippen LogP contribution in [0.3, 0.4) is 0 Å². The molecule has 1 heterocycles. The van der Waals surface area contributed by atoms with Gasteiger partial charge in [-0.05, 0) is 41.5 Å². The molecule has 23 heavy (non-hydrogen) atoms. The Kier molecular flexibility index (Phi) is 6.49. The summed E-state index contributed by atoms with van der Waals surface area (Å²) in [6.45, 7) is 10.3. The highest BCUT2D eigenvalue weighted by Gasteiger charge is 2.49. The van der Waals surface area contributed by atoms with Gasteiger partial charge in [-0.15, -0.1) is 11.8 Å². The van der Waals surface area contributed by atoms with Crippen molar-refractivity contribution < 1.29 is 28.2 Å². The number of hydrogen-bond acceptors (Lipinski definition) is 6. The summed E-state index contributed by atoms with van der Waals surface area (Å²) < 4.78 is 30.1. The Morgan fingerprint density at radius 1 is 1.04 bits per heavy atom. The van der Waals surface area contributed by atoms with Crippen molar-refractivity contribution in [3.05, 3.63) is 0 Å². The first-order valence-electron chi connectivity index (χ1n) is 7.58. The zero-order chi connectivity index (χ0) is 18.0. The molecule has 1 aliphatic rings. The monoisotopic (exact) mass is 350 g/mol. The van der Waals surface area contributed by atoms with Crippen molar-refractivity contribution in [2.45, 2.75) is 64.5 Å². The van der Waals surface area contributed by atoms with Gasteiger partial charge in [0.05, 0.1) is 16.1 Å². The molecular weight excluding hydrogens is 323 g/mol. The van der Waals surface area contributed by atoms with Crippen LogP contribution >= 0.6 is 11.8 Å². The third kappa shape index (κ3) is 5.35. The minimum Gasteiger partial charge on any atom is -0.464 e. The molecule has 0 aromatic heterocycles. The van der Waals surface area contributed by atoms with Crippen LogP contribution in [-0.4, -0.2) is 48.6 Å². The van der Waals surface area contributed by atoms with Gasteiger partial charge in [-0.2, -0.15) is 0 Å². The molecule has 134 valence electrons. The van der Waals surface area contributed by atoms with Gasteiger partial charge in [-0.3, -0.25) is 9.59 Å². The van der Waals surface area contributed by atoms with E-state index in [0.717, 1.165) is 0 Å². The molecule has 5 nitrogen and oxygen atoms in total. The quantitative estimate of drug-likeness (QED) is 0.727. The summed E-state index contributed by atoms with van der Waals surface area (Å²) in [4.78, 5) is 23.9. The standard InChI is InChI=1S/C16H27FO5S/c1-15(2,3)13(18)21-8-9-11(10(17)12(20-7)23-9)22-14(19)16(4,5)6/h9-12H,8H2,1-7H3/t9-,10+,11-,12?/m1/s1. The van der Waals surface area contributed by atoms with Crippen LogP contribution in [-0.2, 0) is 23.8 Å². The molecule has 0 aromatic carbocycles. The number of methoxy groups -OCH3 is 1. The lowest BCUT2D eigenvalue weighted by molar-refractivity contribution is -0.164. The van der Waals surface area contributed by atoms with Gasteiger partial charge in [-0.1, -0.05) is 0 Å². The van der Waals surface area contributed by atoms with E-state index in [0.29, 0.717) is 0 Å². The van der Waals surface area contributed by atoms with Crippen molar-refractivity contribution in [2.75, 3.05) is 13.7 Å². The summed E-state index contributed by atoms with van der Waals surface area (Å²) in [5, 5.41) is -0.493. The van der Waals surface area contributed by atoms with Crippen LogP contribution in [0, 0.1) is 10.8 Å². The summed E-state index contributed by atoms with van der Waals surface area (Å²) in [6.07, 6.45) is -2.46. The number of carbonyl (C=O) groups is 2. The van der Waals surface area contributed by atoms with Gasteiger partial charge in [0.1, 0.15) is 12.0 Å². The fourth-order valence-electron chi connectivity index (χ4n) is 1.82. The van der Waals surface area contributed by atoms with Crippen LogP contribution in [0.1, 0.15) is 41.5 Å². The molecule has 0 aromatic rings. The van der Waals surface area contributed by atoms with Crippen molar-refractivity contribution >= 4 is 23.7 Å². The highest BCUT2D eigenvalue weighted by molar-refractivity contribution is 8.00. The van der Waals surface area contributed by atoms with E-state index in [1.54, 1.807) is 41.5 Å². The predicted molar refractivity (Wildman–Crippen MR) is 86.8 cm³/mol.